The number of nitrogens with zero attached hydrogens (tertiary/aromatic N) is 2. The molecule has 0 unspecified atom stereocenters. The van der Waals surface area contributed by atoms with Crippen molar-refractivity contribution in [3.05, 3.63) is 45.2 Å². The van der Waals surface area contributed by atoms with Gasteiger partial charge in [-0.2, -0.15) is 0 Å². The van der Waals surface area contributed by atoms with Gasteiger partial charge < -0.3 is 0 Å². The predicted molar refractivity (Wildman–Crippen MR) is 68.6 cm³/mol. The Morgan fingerprint density at radius 1 is 1.39 bits per heavy atom. The summed E-state index contributed by atoms with van der Waals surface area (Å²) in [6.07, 6.45) is 0.615. The van der Waals surface area contributed by atoms with Crippen LogP contribution in [0.4, 0.5) is 4.39 Å². The third kappa shape index (κ3) is 2.18. The van der Waals surface area contributed by atoms with Crippen molar-refractivity contribution < 1.29 is 9.18 Å². The summed E-state index contributed by atoms with van der Waals surface area (Å²) in [7, 11) is 0. The molecule has 18 heavy (non-hydrogen) atoms. The van der Waals surface area contributed by atoms with Crippen molar-refractivity contribution in [1.82, 2.24) is 9.59 Å². The van der Waals surface area contributed by atoms with E-state index in [1.54, 1.807) is 19.9 Å². The van der Waals surface area contributed by atoms with Crippen LogP contribution in [-0.4, -0.2) is 15.4 Å². The third-order valence-electron chi connectivity index (χ3n) is 2.76. The molecule has 1 heterocycles. The SMILES string of the molecule is CCc1nnsc1C(=O)c1c(C)cc(C)cc1F. The van der Waals surface area contributed by atoms with Gasteiger partial charge in [-0.25, -0.2) is 4.39 Å². The van der Waals surface area contributed by atoms with Crippen LogP contribution in [0.1, 0.15) is 39.0 Å². The van der Waals surface area contributed by atoms with Crippen LogP contribution >= 0.6 is 11.5 Å². The van der Waals surface area contributed by atoms with Gasteiger partial charge in [-0.3, -0.25) is 4.79 Å². The highest BCUT2D eigenvalue weighted by Crippen LogP contribution is 2.22. The summed E-state index contributed by atoms with van der Waals surface area (Å²) >= 11 is 1.02. The van der Waals surface area contributed by atoms with Crippen molar-refractivity contribution in [2.75, 3.05) is 0 Å². The standard InChI is InChI=1S/C13H13FN2OS/c1-4-10-13(18-16-15-10)12(17)11-8(3)5-7(2)6-9(11)14/h5-6H,4H2,1-3H3. The molecular weight excluding hydrogens is 251 g/mol. The van der Waals surface area contributed by atoms with Gasteiger partial charge in [-0.15, -0.1) is 5.10 Å². The number of aryl methyl sites for hydroxylation is 3. The fourth-order valence-corrected chi connectivity index (χ4v) is 2.63. The Bertz CT molecular complexity index is 584. The maximum Gasteiger partial charge on any atom is 0.209 e. The smallest absolute Gasteiger partial charge is 0.209 e. The molecule has 0 aliphatic heterocycles. The Hall–Kier alpha value is -1.62. The molecule has 0 aliphatic rings. The molecule has 5 heteroatoms. The average Bonchev–Trinajstić information content (AvgIpc) is 2.75. The summed E-state index contributed by atoms with van der Waals surface area (Å²) in [4.78, 5) is 12.8. The minimum absolute atomic E-state index is 0.126. The number of carbonyl (C=O) groups excluding carboxylic acids is 1. The van der Waals surface area contributed by atoms with Crippen molar-refractivity contribution >= 4 is 17.3 Å². The van der Waals surface area contributed by atoms with E-state index in [1.807, 2.05) is 6.92 Å². The molecular formula is C13H13FN2OS. The molecule has 0 bridgehead atoms. The van der Waals surface area contributed by atoms with Crippen molar-refractivity contribution in [3.63, 3.8) is 0 Å². The monoisotopic (exact) mass is 264 g/mol. The zero-order valence-electron chi connectivity index (χ0n) is 10.5. The van der Waals surface area contributed by atoms with Crippen molar-refractivity contribution in [2.45, 2.75) is 27.2 Å². The van der Waals surface area contributed by atoms with Gasteiger partial charge in [0.1, 0.15) is 10.7 Å². The molecule has 1 aromatic carbocycles. The Labute approximate surface area is 109 Å². The van der Waals surface area contributed by atoms with Crippen LogP contribution in [0, 0.1) is 19.7 Å². The number of rotatable bonds is 3. The van der Waals surface area contributed by atoms with E-state index < -0.39 is 5.82 Å². The molecule has 0 radical (unpaired) electrons. The Balaban J connectivity index is 2.53. The molecule has 0 amide bonds. The second kappa shape index (κ2) is 4.94. The van der Waals surface area contributed by atoms with Crippen LogP contribution in [0.5, 0.6) is 0 Å². The topological polar surface area (TPSA) is 42.9 Å². The number of carbonyl (C=O) groups is 1. The molecule has 0 spiro atoms. The van der Waals surface area contributed by atoms with E-state index in [1.165, 1.54) is 6.07 Å². The highest BCUT2D eigenvalue weighted by molar-refractivity contribution is 7.08. The molecule has 0 saturated heterocycles. The summed E-state index contributed by atoms with van der Waals surface area (Å²) in [6, 6.07) is 3.18. The number of benzene rings is 1. The first-order chi connectivity index (χ1) is 8.54. The quantitative estimate of drug-likeness (QED) is 0.800. The average molecular weight is 264 g/mol. The number of hydrogen-bond donors (Lipinski definition) is 0. The molecule has 94 valence electrons. The predicted octanol–water partition coefficient (Wildman–Crippen LogP) is 3.09. The molecule has 3 nitrogen and oxygen atoms in total. The third-order valence-corrected chi connectivity index (χ3v) is 3.52. The van der Waals surface area contributed by atoms with Gasteiger partial charge in [0.05, 0.1) is 11.3 Å². The van der Waals surface area contributed by atoms with Crippen LogP contribution in [0.25, 0.3) is 0 Å². The van der Waals surface area contributed by atoms with E-state index in [9.17, 15) is 9.18 Å². The fourth-order valence-electron chi connectivity index (χ4n) is 1.93. The van der Waals surface area contributed by atoms with E-state index in [2.05, 4.69) is 9.59 Å². The minimum atomic E-state index is -0.479. The van der Waals surface area contributed by atoms with Gasteiger partial charge in [-0.1, -0.05) is 17.5 Å². The van der Waals surface area contributed by atoms with E-state index in [-0.39, 0.29) is 11.3 Å². The minimum Gasteiger partial charge on any atom is -0.287 e. The Kier molecular flexibility index (Phi) is 3.52. The first-order valence-electron chi connectivity index (χ1n) is 5.67. The molecule has 2 rings (SSSR count). The summed E-state index contributed by atoms with van der Waals surface area (Å²) in [5.74, 6) is -0.801. The van der Waals surface area contributed by atoms with Crippen LogP contribution in [0.2, 0.25) is 0 Å². The summed E-state index contributed by atoms with van der Waals surface area (Å²) < 4.78 is 17.7. The largest absolute Gasteiger partial charge is 0.287 e. The first-order valence-corrected chi connectivity index (χ1v) is 6.44. The van der Waals surface area contributed by atoms with E-state index in [0.717, 1.165) is 17.1 Å². The summed E-state index contributed by atoms with van der Waals surface area (Å²) in [5, 5.41) is 3.88. The van der Waals surface area contributed by atoms with E-state index >= 15 is 0 Å². The van der Waals surface area contributed by atoms with Crippen molar-refractivity contribution in [2.24, 2.45) is 0 Å². The van der Waals surface area contributed by atoms with Crippen molar-refractivity contribution in [1.29, 1.82) is 0 Å². The van der Waals surface area contributed by atoms with Gasteiger partial charge in [0.25, 0.3) is 0 Å². The lowest BCUT2D eigenvalue weighted by Gasteiger charge is -2.07. The van der Waals surface area contributed by atoms with E-state index in [0.29, 0.717) is 22.6 Å². The molecule has 1 aromatic heterocycles. The van der Waals surface area contributed by atoms with Crippen molar-refractivity contribution in [3.8, 4) is 0 Å². The lowest BCUT2D eigenvalue weighted by atomic mass is 9.99. The Morgan fingerprint density at radius 3 is 2.72 bits per heavy atom. The molecule has 0 fully saturated rings. The van der Waals surface area contributed by atoms with Crippen LogP contribution in [0.3, 0.4) is 0 Å². The fraction of sp³-hybridized carbons (Fsp3) is 0.308. The number of ketones is 1. The number of aromatic nitrogens is 2. The normalized spacial score (nSPS) is 10.7. The molecule has 0 saturated carbocycles. The van der Waals surface area contributed by atoms with Gasteiger partial charge in [0.15, 0.2) is 0 Å². The highest BCUT2D eigenvalue weighted by atomic mass is 32.1. The Morgan fingerprint density at radius 2 is 2.11 bits per heavy atom. The van der Waals surface area contributed by atoms with Gasteiger partial charge in [-0.05, 0) is 49.0 Å². The van der Waals surface area contributed by atoms with Crippen LogP contribution < -0.4 is 0 Å². The lowest BCUT2D eigenvalue weighted by molar-refractivity contribution is 0.103. The summed E-state index contributed by atoms with van der Waals surface area (Å²) in [6.45, 7) is 5.44. The lowest BCUT2D eigenvalue weighted by Crippen LogP contribution is -2.08. The van der Waals surface area contributed by atoms with Gasteiger partial charge >= 0.3 is 0 Å². The summed E-state index contributed by atoms with van der Waals surface area (Å²) in [5.41, 5.74) is 2.21. The maximum absolute atomic E-state index is 13.9. The molecule has 0 atom stereocenters. The molecule has 0 aliphatic carbocycles. The van der Waals surface area contributed by atoms with Gasteiger partial charge in [0, 0.05) is 0 Å². The van der Waals surface area contributed by atoms with Gasteiger partial charge in [0.2, 0.25) is 5.78 Å². The van der Waals surface area contributed by atoms with E-state index in [4.69, 9.17) is 0 Å². The first kappa shape index (κ1) is 12.8. The number of halogens is 1. The number of hydrogen-bond acceptors (Lipinski definition) is 4. The second-order valence-electron chi connectivity index (χ2n) is 4.17. The second-order valence-corrected chi connectivity index (χ2v) is 4.92. The van der Waals surface area contributed by atoms with Crippen LogP contribution in [0.15, 0.2) is 12.1 Å². The molecule has 0 N–H and O–H groups in total. The maximum atomic E-state index is 13.9. The van der Waals surface area contributed by atoms with Crippen LogP contribution in [-0.2, 0) is 6.42 Å². The highest BCUT2D eigenvalue weighted by Gasteiger charge is 2.22. The zero-order chi connectivity index (χ0) is 13.3. The molecule has 2 aromatic rings. The zero-order valence-corrected chi connectivity index (χ0v) is 11.3.